The van der Waals surface area contributed by atoms with Gasteiger partial charge in [0.1, 0.15) is 0 Å². The third-order valence-corrected chi connectivity index (χ3v) is 3.02. The zero-order valence-electron chi connectivity index (χ0n) is 10.8. The van der Waals surface area contributed by atoms with Gasteiger partial charge in [-0.1, -0.05) is 36.8 Å². The molecule has 1 aromatic carbocycles. The molecular formula is C13H16N4S. The Morgan fingerprint density at radius 2 is 2.06 bits per heavy atom. The van der Waals surface area contributed by atoms with Gasteiger partial charge in [0.2, 0.25) is 4.77 Å². The molecule has 0 bridgehead atoms. The number of nitrogens with zero attached hydrogens (tertiary/aromatic N) is 3. The summed E-state index contributed by atoms with van der Waals surface area (Å²) in [6.07, 6.45) is 0.790. The van der Waals surface area contributed by atoms with Gasteiger partial charge < -0.3 is 0 Å². The van der Waals surface area contributed by atoms with Gasteiger partial charge in [0.05, 0.1) is 5.71 Å². The number of H-pyrrole nitrogens is 1. The predicted molar refractivity (Wildman–Crippen MR) is 75.6 cm³/mol. The highest BCUT2D eigenvalue weighted by Gasteiger charge is 2.04. The molecule has 1 heterocycles. The van der Waals surface area contributed by atoms with E-state index >= 15 is 0 Å². The minimum atomic E-state index is 0.526. The molecule has 1 aromatic heterocycles. The van der Waals surface area contributed by atoms with E-state index in [1.165, 1.54) is 5.56 Å². The van der Waals surface area contributed by atoms with Gasteiger partial charge in [-0.25, -0.2) is 0 Å². The third kappa shape index (κ3) is 2.56. The number of aryl methyl sites for hydroxylation is 2. The van der Waals surface area contributed by atoms with Gasteiger partial charge in [0.25, 0.3) is 0 Å². The highest BCUT2D eigenvalue weighted by Crippen LogP contribution is 2.06. The topological polar surface area (TPSA) is 46.0 Å². The lowest BCUT2D eigenvalue weighted by atomic mass is 10.1. The van der Waals surface area contributed by atoms with E-state index < -0.39 is 0 Å². The Morgan fingerprint density at radius 1 is 1.39 bits per heavy atom. The van der Waals surface area contributed by atoms with E-state index in [0.29, 0.717) is 4.77 Å². The summed E-state index contributed by atoms with van der Waals surface area (Å²) < 4.78 is 2.21. The zero-order chi connectivity index (χ0) is 13.1. The second kappa shape index (κ2) is 5.27. The van der Waals surface area contributed by atoms with Gasteiger partial charge in [0, 0.05) is 6.42 Å². The number of benzene rings is 1. The monoisotopic (exact) mass is 260 g/mol. The molecule has 0 aliphatic rings. The molecule has 94 valence electrons. The summed E-state index contributed by atoms with van der Waals surface area (Å²) in [6, 6.07) is 8.26. The first kappa shape index (κ1) is 12.7. The fourth-order valence-electron chi connectivity index (χ4n) is 1.66. The summed E-state index contributed by atoms with van der Waals surface area (Å²) in [5.41, 5.74) is 3.24. The van der Waals surface area contributed by atoms with E-state index in [1.54, 1.807) is 4.68 Å². The van der Waals surface area contributed by atoms with Crippen molar-refractivity contribution in [3.05, 3.63) is 46.0 Å². The van der Waals surface area contributed by atoms with Crippen LogP contribution in [0.1, 0.15) is 30.8 Å². The third-order valence-electron chi connectivity index (χ3n) is 2.75. The van der Waals surface area contributed by atoms with Crippen LogP contribution < -0.4 is 0 Å². The molecule has 0 radical (unpaired) electrons. The molecule has 1 N–H and O–H groups in total. The molecule has 0 aliphatic carbocycles. The van der Waals surface area contributed by atoms with Crippen molar-refractivity contribution in [1.29, 1.82) is 0 Å². The Balaban J connectivity index is 2.41. The van der Waals surface area contributed by atoms with Crippen LogP contribution in [0.25, 0.3) is 0 Å². The van der Waals surface area contributed by atoms with Crippen molar-refractivity contribution in [3.63, 3.8) is 0 Å². The highest BCUT2D eigenvalue weighted by molar-refractivity contribution is 7.71. The summed E-state index contributed by atoms with van der Waals surface area (Å²) in [6.45, 7) is 6.06. The van der Waals surface area contributed by atoms with E-state index in [2.05, 4.69) is 46.5 Å². The number of nitrogens with one attached hydrogen (secondary N) is 1. The van der Waals surface area contributed by atoms with Crippen molar-refractivity contribution in [2.75, 3.05) is 0 Å². The summed E-state index contributed by atoms with van der Waals surface area (Å²) in [5, 5.41) is 11.4. The van der Waals surface area contributed by atoms with Crippen molar-refractivity contribution < 1.29 is 0 Å². The van der Waals surface area contributed by atoms with Gasteiger partial charge in [-0.15, -0.1) is 0 Å². The van der Waals surface area contributed by atoms with E-state index in [9.17, 15) is 0 Å². The van der Waals surface area contributed by atoms with Gasteiger partial charge in [-0.3, -0.25) is 5.10 Å². The van der Waals surface area contributed by atoms with Crippen molar-refractivity contribution in [2.24, 2.45) is 5.10 Å². The number of hydrogen-bond acceptors (Lipinski definition) is 3. The maximum absolute atomic E-state index is 5.17. The largest absolute Gasteiger partial charge is 0.250 e. The quantitative estimate of drug-likeness (QED) is 0.681. The first-order valence-electron chi connectivity index (χ1n) is 5.90. The number of aromatic amines is 1. The molecule has 18 heavy (non-hydrogen) atoms. The molecular weight excluding hydrogens is 244 g/mol. The average molecular weight is 260 g/mol. The van der Waals surface area contributed by atoms with Gasteiger partial charge in [0.15, 0.2) is 5.82 Å². The van der Waals surface area contributed by atoms with Crippen molar-refractivity contribution in [2.45, 2.75) is 27.2 Å². The summed E-state index contributed by atoms with van der Waals surface area (Å²) in [5.74, 6) is 0.839. The normalized spacial score (nSPS) is 11.8. The second-order valence-electron chi connectivity index (χ2n) is 4.16. The van der Waals surface area contributed by atoms with Crippen LogP contribution in [0.3, 0.4) is 0 Å². The van der Waals surface area contributed by atoms with Crippen LogP contribution in [0, 0.1) is 11.7 Å². The molecule has 0 fully saturated rings. The lowest BCUT2D eigenvalue weighted by molar-refractivity contribution is 0.776. The maximum atomic E-state index is 5.17. The van der Waals surface area contributed by atoms with Gasteiger partial charge in [-0.2, -0.15) is 14.9 Å². The SMILES string of the molecule is CCc1n[nH]c(=S)n1/N=C(/C)c1ccc(C)cc1. The molecule has 2 aromatic rings. The van der Waals surface area contributed by atoms with E-state index in [4.69, 9.17) is 12.2 Å². The highest BCUT2D eigenvalue weighted by atomic mass is 32.1. The fraction of sp³-hybridized carbons (Fsp3) is 0.308. The lowest BCUT2D eigenvalue weighted by Gasteiger charge is -2.03. The predicted octanol–water partition coefficient (Wildman–Crippen LogP) is 3.08. The van der Waals surface area contributed by atoms with Crippen molar-refractivity contribution in [3.8, 4) is 0 Å². The first-order valence-corrected chi connectivity index (χ1v) is 6.31. The number of rotatable bonds is 3. The smallest absolute Gasteiger partial charge is 0.216 e. The van der Waals surface area contributed by atoms with Crippen molar-refractivity contribution >= 4 is 17.9 Å². The summed E-state index contributed by atoms with van der Waals surface area (Å²) in [7, 11) is 0. The van der Waals surface area contributed by atoms with Crippen LogP contribution in [0.5, 0.6) is 0 Å². The average Bonchev–Trinajstić information content (AvgIpc) is 2.71. The van der Waals surface area contributed by atoms with E-state index in [-0.39, 0.29) is 0 Å². The molecule has 0 saturated carbocycles. The van der Waals surface area contributed by atoms with Crippen LogP contribution >= 0.6 is 12.2 Å². The Morgan fingerprint density at radius 3 is 2.67 bits per heavy atom. The molecule has 5 heteroatoms. The molecule has 2 rings (SSSR count). The fourth-order valence-corrected chi connectivity index (χ4v) is 1.85. The first-order chi connectivity index (χ1) is 8.61. The van der Waals surface area contributed by atoms with Crippen LogP contribution in [0.4, 0.5) is 0 Å². The van der Waals surface area contributed by atoms with Gasteiger partial charge in [-0.05, 0) is 31.6 Å². The number of aromatic nitrogens is 3. The van der Waals surface area contributed by atoms with Crippen LogP contribution in [0.2, 0.25) is 0 Å². The standard InChI is InChI=1S/C13H16N4S/c1-4-12-14-15-13(18)17(12)16-10(3)11-7-5-9(2)6-8-11/h5-8H,4H2,1-3H3,(H,15,18)/b16-10-. The minimum Gasteiger partial charge on any atom is -0.250 e. The molecule has 0 amide bonds. The van der Waals surface area contributed by atoms with E-state index in [1.807, 2.05) is 13.8 Å². The van der Waals surface area contributed by atoms with Gasteiger partial charge >= 0.3 is 0 Å². The Hall–Kier alpha value is -1.75. The Bertz CT molecular complexity index is 619. The molecule has 0 unspecified atom stereocenters. The molecule has 4 nitrogen and oxygen atoms in total. The summed E-state index contributed by atoms with van der Waals surface area (Å²) >= 11 is 5.17. The number of hydrogen-bond donors (Lipinski definition) is 1. The minimum absolute atomic E-state index is 0.526. The molecule has 0 spiro atoms. The lowest BCUT2D eigenvalue weighted by Crippen LogP contribution is -2.03. The Kier molecular flexibility index (Phi) is 3.72. The van der Waals surface area contributed by atoms with Crippen LogP contribution in [0.15, 0.2) is 29.4 Å². The molecule has 0 saturated heterocycles. The Labute approximate surface area is 111 Å². The van der Waals surface area contributed by atoms with E-state index in [0.717, 1.165) is 23.5 Å². The molecule has 0 aliphatic heterocycles. The second-order valence-corrected chi connectivity index (χ2v) is 4.55. The summed E-state index contributed by atoms with van der Waals surface area (Å²) in [4.78, 5) is 0. The molecule has 0 atom stereocenters. The zero-order valence-corrected chi connectivity index (χ0v) is 11.6. The van der Waals surface area contributed by atoms with Crippen LogP contribution in [-0.4, -0.2) is 20.6 Å². The maximum Gasteiger partial charge on any atom is 0.216 e. The van der Waals surface area contributed by atoms with Crippen molar-refractivity contribution in [1.82, 2.24) is 14.9 Å². The van der Waals surface area contributed by atoms with Crippen LogP contribution in [-0.2, 0) is 6.42 Å².